The van der Waals surface area contributed by atoms with Gasteiger partial charge in [0.05, 0.1) is 12.2 Å². The number of carbonyl (C=O) groups is 2. The number of likely N-dealkylation sites (tertiary alicyclic amines) is 1. The van der Waals surface area contributed by atoms with Gasteiger partial charge in [0.2, 0.25) is 5.91 Å². The zero-order chi connectivity index (χ0) is 24.5. The van der Waals surface area contributed by atoms with Crippen molar-refractivity contribution in [1.29, 1.82) is 0 Å². The highest BCUT2D eigenvalue weighted by molar-refractivity contribution is 6.07. The van der Waals surface area contributed by atoms with E-state index in [-0.39, 0.29) is 5.91 Å². The lowest BCUT2D eigenvalue weighted by atomic mass is 10.1. The first-order chi connectivity index (χ1) is 17.1. The van der Waals surface area contributed by atoms with Crippen LogP contribution in [-0.4, -0.2) is 43.0 Å². The molecular weight excluding hydrogens is 442 g/mol. The summed E-state index contributed by atoms with van der Waals surface area (Å²) in [5, 5.41) is 2.82. The van der Waals surface area contributed by atoms with Gasteiger partial charge < -0.3 is 25.4 Å². The van der Waals surface area contributed by atoms with E-state index in [9.17, 15) is 9.59 Å². The molecule has 35 heavy (non-hydrogen) atoms. The van der Waals surface area contributed by atoms with Crippen molar-refractivity contribution in [3.63, 3.8) is 0 Å². The van der Waals surface area contributed by atoms with Crippen LogP contribution in [0.3, 0.4) is 0 Å². The molecule has 182 valence electrons. The van der Waals surface area contributed by atoms with Gasteiger partial charge in [-0.25, -0.2) is 0 Å². The van der Waals surface area contributed by atoms with Crippen molar-refractivity contribution < 1.29 is 19.1 Å². The fraction of sp³-hybridized carbons (Fsp3) is 0.286. The Bertz CT molecular complexity index is 1140. The number of nitrogens with one attached hydrogen (secondary N) is 1. The van der Waals surface area contributed by atoms with E-state index in [4.69, 9.17) is 15.2 Å². The first-order valence-electron chi connectivity index (χ1n) is 12.0. The van der Waals surface area contributed by atoms with Crippen molar-refractivity contribution in [2.75, 3.05) is 31.6 Å². The molecule has 0 aliphatic carbocycles. The van der Waals surface area contributed by atoms with Gasteiger partial charge in [0.1, 0.15) is 18.1 Å². The van der Waals surface area contributed by atoms with Gasteiger partial charge in [-0.2, -0.15) is 0 Å². The van der Waals surface area contributed by atoms with E-state index in [0.29, 0.717) is 41.5 Å². The van der Waals surface area contributed by atoms with Crippen LogP contribution in [-0.2, 0) is 6.61 Å². The maximum atomic E-state index is 13.1. The molecule has 1 aliphatic heterocycles. The maximum absolute atomic E-state index is 13.1. The molecule has 0 aromatic heterocycles. The van der Waals surface area contributed by atoms with Gasteiger partial charge >= 0.3 is 0 Å². The van der Waals surface area contributed by atoms with Crippen LogP contribution in [0.15, 0.2) is 72.8 Å². The number of rotatable bonds is 11. The molecule has 3 N–H and O–H groups in total. The molecule has 4 rings (SSSR count). The number of nitrogens with zero attached hydrogens (tertiary/aromatic N) is 1. The molecule has 1 heterocycles. The summed E-state index contributed by atoms with van der Waals surface area (Å²) in [5.41, 5.74) is 7.51. The number of nitrogens with two attached hydrogens (primary N) is 1. The van der Waals surface area contributed by atoms with Gasteiger partial charge in [0.15, 0.2) is 0 Å². The van der Waals surface area contributed by atoms with Crippen molar-refractivity contribution in [2.45, 2.75) is 25.9 Å². The van der Waals surface area contributed by atoms with Crippen LogP contribution in [0.5, 0.6) is 11.5 Å². The second kappa shape index (κ2) is 12.0. The lowest BCUT2D eigenvalue weighted by molar-refractivity contribution is 0.0995. The van der Waals surface area contributed by atoms with Crippen LogP contribution in [0, 0.1) is 0 Å². The normalized spacial score (nSPS) is 13.4. The molecule has 0 saturated carbocycles. The summed E-state index contributed by atoms with van der Waals surface area (Å²) in [4.78, 5) is 27.0. The molecule has 7 nitrogen and oxygen atoms in total. The Morgan fingerprint density at radius 2 is 1.71 bits per heavy atom. The van der Waals surface area contributed by atoms with Crippen LogP contribution in [0.1, 0.15) is 45.5 Å². The van der Waals surface area contributed by atoms with Gasteiger partial charge in [-0.05, 0) is 68.2 Å². The highest BCUT2D eigenvalue weighted by Gasteiger charge is 2.16. The largest absolute Gasteiger partial charge is 0.493 e. The molecule has 0 bridgehead atoms. The van der Waals surface area contributed by atoms with E-state index in [1.807, 2.05) is 30.3 Å². The van der Waals surface area contributed by atoms with E-state index in [1.54, 1.807) is 42.5 Å². The van der Waals surface area contributed by atoms with Gasteiger partial charge in [-0.15, -0.1) is 0 Å². The smallest absolute Gasteiger partial charge is 0.259 e. The molecule has 1 saturated heterocycles. The molecule has 0 radical (unpaired) electrons. The molecule has 1 aliphatic rings. The fourth-order valence-electron chi connectivity index (χ4n) is 4.07. The Morgan fingerprint density at radius 1 is 0.914 bits per heavy atom. The number of amides is 2. The van der Waals surface area contributed by atoms with Gasteiger partial charge in [-0.3, -0.25) is 9.59 Å². The summed E-state index contributed by atoms with van der Waals surface area (Å²) in [6, 6.07) is 21.5. The van der Waals surface area contributed by atoms with Crippen molar-refractivity contribution in [1.82, 2.24) is 4.90 Å². The number of hydrogen-bond donors (Lipinski definition) is 2. The molecular formula is C28H31N3O4. The van der Waals surface area contributed by atoms with Gasteiger partial charge in [0, 0.05) is 23.9 Å². The number of ether oxygens (including phenoxy) is 2. The molecule has 0 atom stereocenters. The highest BCUT2D eigenvalue weighted by Crippen LogP contribution is 2.27. The van der Waals surface area contributed by atoms with Crippen molar-refractivity contribution in [2.24, 2.45) is 5.73 Å². The zero-order valence-electron chi connectivity index (χ0n) is 19.7. The molecule has 2 amide bonds. The minimum absolute atomic E-state index is 0.316. The van der Waals surface area contributed by atoms with Crippen molar-refractivity contribution in [3.05, 3.63) is 89.5 Å². The molecule has 3 aromatic carbocycles. The Labute approximate surface area is 205 Å². The Morgan fingerprint density at radius 3 is 2.49 bits per heavy atom. The number of hydrogen-bond acceptors (Lipinski definition) is 5. The van der Waals surface area contributed by atoms with E-state index >= 15 is 0 Å². The molecule has 1 fully saturated rings. The minimum atomic E-state index is -0.556. The van der Waals surface area contributed by atoms with E-state index in [0.717, 1.165) is 18.5 Å². The predicted molar refractivity (Wildman–Crippen MR) is 136 cm³/mol. The zero-order valence-corrected chi connectivity index (χ0v) is 19.7. The van der Waals surface area contributed by atoms with Crippen molar-refractivity contribution in [3.8, 4) is 11.5 Å². The summed E-state index contributed by atoms with van der Waals surface area (Å²) in [6.45, 7) is 4.28. The minimum Gasteiger partial charge on any atom is -0.493 e. The van der Waals surface area contributed by atoms with Crippen LogP contribution in [0.25, 0.3) is 0 Å². The van der Waals surface area contributed by atoms with E-state index < -0.39 is 5.91 Å². The van der Waals surface area contributed by atoms with Crippen molar-refractivity contribution >= 4 is 17.5 Å². The average Bonchev–Trinajstić information content (AvgIpc) is 3.40. The number of carbonyl (C=O) groups excluding carboxylic acids is 2. The molecule has 0 unspecified atom stereocenters. The van der Waals surface area contributed by atoms with E-state index in [1.165, 1.54) is 25.9 Å². The molecule has 0 spiro atoms. The number of benzene rings is 3. The quantitative estimate of drug-likeness (QED) is 0.401. The molecule has 7 heteroatoms. The lowest BCUT2D eigenvalue weighted by Gasteiger charge is -2.16. The number of anilines is 1. The standard InChI is InChI=1S/C28H31N3O4/c29-27(32)22-10-6-11-23(18-22)30-28(33)25-13-12-24(34-17-7-16-31-14-4-5-15-31)19-26(25)35-20-21-8-2-1-3-9-21/h1-3,6,8-13,18-19H,4-5,7,14-17,20H2,(H2,29,32)(H,30,33). The summed E-state index contributed by atoms with van der Waals surface area (Å²) in [5.74, 6) is 0.172. The van der Waals surface area contributed by atoms with Gasteiger partial charge in [-0.1, -0.05) is 36.4 Å². The van der Waals surface area contributed by atoms with Crippen LogP contribution >= 0.6 is 0 Å². The van der Waals surface area contributed by atoms with Gasteiger partial charge in [0.25, 0.3) is 5.91 Å². The summed E-state index contributed by atoms with van der Waals surface area (Å²) in [7, 11) is 0. The third-order valence-corrected chi connectivity index (χ3v) is 5.93. The predicted octanol–water partition coefficient (Wildman–Crippen LogP) is 4.48. The fourth-order valence-corrected chi connectivity index (χ4v) is 4.07. The monoisotopic (exact) mass is 473 g/mol. The second-order valence-electron chi connectivity index (χ2n) is 8.58. The Kier molecular flexibility index (Phi) is 8.35. The SMILES string of the molecule is NC(=O)c1cccc(NC(=O)c2ccc(OCCCN3CCCC3)cc2OCc2ccccc2)c1. The van der Waals surface area contributed by atoms with Crippen LogP contribution in [0.4, 0.5) is 5.69 Å². The third kappa shape index (κ3) is 7.07. The Balaban J connectivity index is 1.46. The first kappa shape index (κ1) is 24.3. The lowest BCUT2D eigenvalue weighted by Crippen LogP contribution is -2.21. The Hall–Kier alpha value is -3.84. The highest BCUT2D eigenvalue weighted by atomic mass is 16.5. The first-order valence-corrected chi connectivity index (χ1v) is 12.0. The van der Waals surface area contributed by atoms with E-state index in [2.05, 4.69) is 10.2 Å². The molecule has 3 aromatic rings. The number of primary amides is 1. The second-order valence-corrected chi connectivity index (χ2v) is 8.58. The van der Waals surface area contributed by atoms with Crippen LogP contribution in [0.2, 0.25) is 0 Å². The summed E-state index contributed by atoms with van der Waals surface area (Å²) < 4.78 is 12.0. The third-order valence-electron chi connectivity index (χ3n) is 5.93. The topological polar surface area (TPSA) is 93.9 Å². The van der Waals surface area contributed by atoms with Crippen LogP contribution < -0.4 is 20.5 Å². The summed E-state index contributed by atoms with van der Waals surface area (Å²) >= 11 is 0. The average molecular weight is 474 g/mol. The maximum Gasteiger partial charge on any atom is 0.259 e. The summed E-state index contributed by atoms with van der Waals surface area (Å²) in [6.07, 6.45) is 3.50.